The fraction of sp³-hybridized carbons (Fsp3) is 0.370. The molecule has 0 radical (unpaired) electrons. The summed E-state index contributed by atoms with van der Waals surface area (Å²) in [6, 6.07) is 15.8. The summed E-state index contributed by atoms with van der Waals surface area (Å²) in [7, 11) is -4.11. The van der Waals surface area contributed by atoms with Gasteiger partial charge in [0.05, 0.1) is 23.4 Å². The van der Waals surface area contributed by atoms with Crippen molar-refractivity contribution in [3.8, 4) is 0 Å². The quantitative estimate of drug-likeness (QED) is 0.582. The standard InChI is InChI=1S/C27H30N2O5S/c28-35(32,33)29(20-10-4-3-5-11-20)21-12-8-9-19(17-21)24(18-15-16-18)25-26(30)22-13-6-1-2-7-14-23(22)34-27(25)31/h2-5,7-12,14,17-18,22,24-26,30H,1,6,13,15-16H2,(H2,28,32,33). The number of rotatable bonds is 6. The molecule has 3 aliphatic rings. The molecule has 1 saturated carbocycles. The van der Waals surface area contributed by atoms with E-state index in [1.807, 2.05) is 18.2 Å². The Morgan fingerprint density at radius 1 is 1.03 bits per heavy atom. The van der Waals surface area contributed by atoms with Gasteiger partial charge in [-0.1, -0.05) is 42.5 Å². The summed E-state index contributed by atoms with van der Waals surface area (Å²) in [6.45, 7) is 0. The molecule has 2 aromatic rings. The molecule has 1 saturated heterocycles. The van der Waals surface area contributed by atoms with Gasteiger partial charge in [-0.3, -0.25) is 4.79 Å². The van der Waals surface area contributed by atoms with Crippen LogP contribution in [0.5, 0.6) is 0 Å². The second kappa shape index (κ2) is 9.60. The summed E-state index contributed by atoms with van der Waals surface area (Å²) in [4.78, 5) is 13.2. The lowest BCUT2D eigenvalue weighted by atomic mass is 9.72. The smallest absolute Gasteiger partial charge is 0.317 e. The molecule has 0 spiro atoms. The number of ether oxygens (including phenoxy) is 1. The Morgan fingerprint density at radius 2 is 1.77 bits per heavy atom. The Bertz CT molecular complexity index is 1250. The van der Waals surface area contributed by atoms with E-state index in [-0.39, 0.29) is 17.8 Å². The highest BCUT2D eigenvalue weighted by Crippen LogP contribution is 2.51. The molecule has 3 N–H and O–H groups in total. The molecule has 4 unspecified atom stereocenters. The molecule has 2 fully saturated rings. The highest BCUT2D eigenvalue weighted by Gasteiger charge is 2.50. The van der Waals surface area contributed by atoms with Gasteiger partial charge in [-0.25, -0.2) is 9.44 Å². The number of carbonyl (C=O) groups is 1. The predicted octanol–water partition coefficient (Wildman–Crippen LogP) is 4.30. The number of aliphatic hydroxyl groups is 1. The van der Waals surface area contributed by atoms with Gasteiger partial charge in [-0.15, -0.1) is 0 Å². The fourth-order valence-electron chi connectivity index (χ4n) is 5.46. The van der Waals surface area contributed by atoms with E-state index in [0.717, 1.165) is 42.0 Å². The molecule has 184 valence electrons. The number of para-hydroxylation sites is 1. The number of benzene rings is 2. The molecule has 2 aromatic carbocycles. The van der Waals surface area contributed by atoms with Crippen LogP contribution in [0.2, 0.25) is 0 Å². The topological polar surface area (TPSA) is 110 Å². The van der Waals surface area contributed by atoms with Gasteiger partial charge in [0.15, 0.2) is 0 Å². The number of esters is 1. The number of hydrogen-bond acceptors (Lipinski definition) is 5. The molecule has 1 heterocycles. The summed E-state index contributed by atoms with van der Waals surface area (Å²) < 4.78 is 32.0. The minimum Gasteiger partial charge on any atom is -0.430 e. The molecule has 8 heteroatoms. The lowest BCUT2D eigenvalue weighted by Gasteiger charge is -2.39. The fourth-order valence-corrected chi connectivity index (χ4v) is 6.28. The summed E-state index contributed by atoms with van der Waals surface area (Å²) in [5.41, 5.74) is 1.61. The van der Waals surface area contributed by atoms with E-state index in [1.54, 1.807) is 54.6 Å². The Kier molecular flexibility index (Phi) is 6.53. The third kappa shape index (κ3) is 4.91. The first kappa shape index (κ1) is 23.8. The minimum absolute atomic E-state index is 0.219. The van der Waals surface area contributed by atoms with Crippen LogP contribution in [0.4, 0.5) is 11.4 Å². The molecule has 0 aromatic heterocycles. The zero-order chi connectivity index (χ0) is 24.6. The monoisotopic (exact) mass is 494 g/mol. The van der Waals surface area contributed by atoms with Crippen LogP contribution in [0.3, 0.4) is 0 Å². The molecular weight excluding hydrogens is 464 g/mol. The number of anilines is 2. The summed E-state index contributed by atoms with van der Waals surface area (Å²) in [5, 5.41) is 17.1. The van der Waals surface area contributed by atoms with Crippen molar-refractivity contribution in [2.45, 2.75) is 44.1 Å². The van der Waals surface area contributed by atoms with Crippen LogP contribution in [0.1, 0.15) is 43.6 Å². The maximum absolute atomic E-state index is 13.2. The van der Waals surface area contributed by atoms with Crippen LogP contribution in [0, 0.1) is 17.8 Å². The van der Waals surface area contributed by atoms with Crippen molar-refractivity contribution in [3.63, 3.8) is 0 Å². The Morgan fingerprint density at radius 3 is 2.49 bits per heavy atom. The highest BCUT2D eigenvalue weighted by atomic mass is 32.2. The first-order chi connectivity index (χ1) is 16.8. The molecule has 2 aliphatic carbocycles. The number of nitrogens with zero attached hydrogens (tertiary/aromatic N) is 1. The van der Waals surface area contributed by atoms with Gasteiger partial charge in [0.25, 0.3) is 0 Å². The van der Waals surface area contributed by atoms with Crippen molar-refractivity contribution in [1.82, 2.24) is 0 Å². The number of hydrogen-bond donors (Lipinski definition) is 2. The van der Waals surface area contributed by atoms with Crippen molar-refractivity contribution in [2.24, 2.45) is 22.9 Å². The molecule has 7 nitrogen and oxygen atoms in total. The van der Waals surface area contributed by atoms with E-state index in [0.29, 0.717) is 17.1 Å². The van der Waals surface area contributed by atoms with Crippen molar-refractivity contribution in [1.29, 1.82) is 0 Å². The molecule has 0 bridgehead atoms. The Labute approximate surface area is 206 Å². The lowest BCUT2D eigenvalue weighted by molar-refractivity contribution is -0.160. The van der Waals surface area contributed by atoms with Crippen molar-refractivity contribution < 1.29 is 23.1 Å². The van der Waals surface area contributed by atoms with Crippen LogP contribution < -0.4 is 9.44 Å². The molecule has 4 atom stereocenters. The third-order valence-electron chi connectivity index (χ3n) is 7.17. The number of fused-ring (bicyclic) bond motifs is 1. The van der Waals surface area contributed by atoms with Gasteiger partial charge in [-0.05, 0) is 73.9 Å². The van der Waals surface area contributed by atoms with E-state index in [1.165, 1.54) is 0 Å². The van der Waals surface area contributed by atoms with E-state index < -0.39 is 28.2 Å². The minimum atomic E-state index is -4.11. The van der Waals surface area contributed by atoms with Crippen LogP contribution in [0.15, 0.2) is 78.6 Å². The lowest BCUT2D eigenvalue weighted by Crippen LogP contribution is -2.46. The summed E-state index contributed by atoms with van der Waals surface area (Å²) in [5.74, 6) is -0.917. The van der Waals surface area contributed by atoms with Crippen LogP contribution >= 0.6 is 0 Å². The van der Waals surface area contributed by atoms with Gasteiger partial charge < -0.3 is 9.84 Å². The van der Waals surface area contributed by atoms with Crippen molar-refractivity contribution >= 4 is 27.6 Å². The molecule has 35 heavy (non-hydrogen) atoms. The zero-order valence-corrected chi connectivity index (χ0v) is 20.2. The van der Waals surface area contributed by atoms with Crippen molar-refractivity contribution in [3.05, 3.63) is 84.1 Å². The van der Waals surface area contributed by atoms with Gasteiger partial charge in [0.1, 0.15) is 5.76 Å². The average molecular weight is 495 g/mol. The number of nitrogens with two attached hydrogens (primary N) is 1. The number of aliphatic hydroxyl groups excluding tert-OH is 1. The summed E-state index contributed by atoms with van der Waals surface area (Å²) in [6.07, 6.45) is 9.30. The van der Waals surface area contributed by atoms with Crippen LogP contribution in [-0.2, 0) is 19.7 Å². The van der Waals surface area contributed by atoms with Gasteiger partial charge in [-0.2, -0.15) is 8.42 Å². The van der Waals surface area contributed by atoms with Gasteiger partial charge >= 0.3 is 16.2 Å². The summed E-state index contributed by atoms with van der Waals surface area (Å²) >= 11 is 0. The maximum atomic E-state index is 13.2. The van der Waals surface area contributed by atoms with Crippen molar-refractivity contribution in [2.75, 3.05) is 4.31 Å². The molecule has 0 amide bonds. The van der Waals surface area contributed by atoms with E-state index in [4.69, 9.17) is 9.88 Å². The second-order valence-corrected chi connectivity index (χ2v) is 11.0. The normalized spacial score (nSPS) is 25.5. The predicted molar refractivity (Wildman–Crippen MR) is 134 cm³/mol. The number of carbonyl (C=O) groups excluding carboxylic acids is 1. The molecular formula is C27H30N2O5S. The zero-order valence-electron chi connectivity index (χ0n) is 19.4. The van der Waals surface area contributed by atoms with E-state index in [2.05, 4.69) is 0 Å². The third-order valence-corrected chi connectivity index (χ3v) is 8.10. The first-order valence-electron chi connectivity index (χ1n) is 12.1. The largest absolute Gasteiger partial charge is 0.430 e. The van der Waals surface area contributed by atoms with Gasteiger partial charge in [0.2, 0.25) is 0 Å². The average Bonchev–Trinajstić information content (AvgIpc) is 3.63. The molecule has 1 aliphatic heterocycles. The second-order valence-electron chi connectivity index (χ2n) is 9.58. The number of allylic oxidation sites excluding steroid dienone is 3. The Balaban J connectivity index is 1.53. The maximum Gasteiger partial charge on any atom is 0.317 e. The van der Waals surface area contributed by atoms with E-state index >= 15 is 0 Å². The first-order valence-corrected chi connectivity index (χ1v) is 13.6. The van der Waals surface area contributed by atoms with Crippen LogP contribution in [-0.4, -0.2) is 25.6 Å². The molecule has 5 rings (SSSR count). The van der Waals surface area contributed by atoms with Gasteiger partial charge in [0, 0.05) is 11.8 Å². The van der Waals surface area contributed by atoms with Crippen LogP contribution in [0.25, 0.3) is 0 Å². The Hall–Kier alpha value is -2.94. The SMILES string of the molecule is NS(=O)(=O)N(c1ccccc1)c1cccc(C(C2CC2)C2C(=O)OC3=CC=CCCCC3C2O)c1. The van der Waals surface area contributed by atoms with E-state index in [9.17, 15) is 18.3 Å². The highest BCUT2D eigenvalue weighted by molar-refractivity contribution is 7.90.